The monoisotopic (exact) mass is 310 g/mol. The third-order valence-electron chi connectivity index (χ3n) is 4.20. The molecule has 0 aromatic heterocycles. The van der Waals surface area contributed by atoms with Gasteiger partial charge >= 0.3 is 0 Å². The molecular formula is C15H22N2O3S. The third-order valence-corrected chi connectivity index (χ3v) is 6.11. The minimum absolute atomic E-state index is 0.114. The van der Waals surface area contributed by atoms with Crippen LogP contribution in [0.3, 0.4) is 0 Å². The molecule has 0 spiro atoms. The summed E-state index contributed by atoms with van der Waals surface area (Å²) in [6.07, 6.45) is 3.54. The van der Waals surface area contributed by atoms with Gasteiger partial charge < -0.3 is 10.5 Å². The highest BCUT2D eigenvalue weighted by Crippen LogP contribution is 2.38. The number of hydrogen-bond acceptors (Lipinski definition) is 4. The van der Waals surface area contributed by atoms with E-state index in [1.54, 1.807) is 10.4 Å². The summed E-state index contributed by atoms with van der Waals surface area (Å²) in [7, 11) is -3.47. The molecule has 1 saturated heterocycles. The molecular weight excluding hydrogens is 288 g/mol. The molecule has 1 unspecified atom stereocenters. The average Bonchev–Trinajstić information content (AvgIpc) is 2.90. The van der Waals surface area contributed by atoms with Crippen LogP contribution in [0.25, 0.3) is 0 Å². The number of fused-ring (bicyclic) bond motifs is 1. The Morgan fingerprint density at radius 1 is 1.29 bits per heavy atom. The Bertz CT molecular complexity index is 637. The summed E-state index contributed by atoms with van der Waals surface area (Å²) in [6, 6.07) is 3.72. The highest BCUT2D eigenvalue weighted by Gasteiger charge is 2.34. The SMILES string of the molecule is Cc1cc2c(c(S(=O)(=O)N3CCCCC3)c1)OC(CN)C2. The molecule has 1 aromatic carbocycles. The van der Waals surface area contributed by atoms with Gasteiger partial charge in [-0.1, -0.05) is 12.5 Å². The van der Waals surface area contributed by atoms with E-state index in [-0.39, 0.29) is 6.10 Å². The summed E-state index contributed by atoms with van der Waals surface area (Å²) in [6.45, 7) is 3.53. The molecule has 5 nitrogen and oxygen atoms in total. The van der Waals surface area contributed by atoms with E-state index < -0.39 is 10.0 Å². The van der Waals surface area contributed by atoms with Crippen molar-refractivity contribution in [2.45, 2.75) is 43.6 Å². The first-order chi connectivity index (χ1) is 10.0. The van der Waals surface area contributed by atoms with E-state index in [0.29, 0.717) is 36.7 Å². The van der Waals surface area contributed by atoms with Crippen LogP contribution in [0.15, 0.2) is 17.0 Å². The molecule has 0 amide bonds. The van der Waals surface area contributed by atoms with E-state index in [1.807, 2.05) is 13.0 Å². The fourth-order valence-corrected chi connectivity index (χ4v) is 4.88. The van der Waals surface area contributed by atoms with Crippen molar-refractivity contribution in [3.05, 3.63) is 23.3 Å². The lowest BCUT2D eigenvalue weighted by molar-refractivity contribution is 0.235. The second-order valence-electron chi connectivity index (χ2n) is 5.90. The summed E-state index contributed by atoms with van der Waals surface area (Å²) in [5.41, 5.74) is 7.58. The minimum Gasteiger partial charge on any atom is -0.487 e. The lowest BCUT2D eigenvalue weighted by atomic mass is 10.1. The van der Waals surface area contributed by atoms with Crippen LogP contribution in [0.2, 0.25) is 0 Å². The molecule has 0 bridgehead atoms. The summed E-state index contributed by atoms with van der Waals surface area (Å²) in [5, 5.41) is 0. The predicted molar refractivity (Wildman–Crippen MR) is 81.0 cm³/mol. The summed E-state index contributed by atoms with van der Waals surface area (Å²) >= 11 is 0. The van der Waals surface area contributed by atoms with Crippen LogP contribution < -0.4 is 10.5 Å². The van der Waals surface area contributed by atoms with Crippen molar-refractivity contribution in [1.29, 1.82) is 0 Å². The van der Waals surface area contributed by atoms with Crippen LogP contribution in [0.5, 0.6) is 5.75 Å². The van der Waals surface area contributed by atoms with Crippen LogP contribution in [-0.2, 0) is 16.4 Å². The maximum atomic E-state index is 12.9. The maximum Gasteiger partial charge on any atom is 0.246 e. The molecule has 1 fully saturated rings. The second kappa shape index (κ2) is 5.59. The molecule has 6 heteroatoms. The van der Waals surface area contributed by atoms with E-state index in [4.69, 9.17) is 10.5 Å². The molecule has 116 valence electrons. The van der Waals surface area contributed by atoms with Crippen molar-refractivity contribution >= 4 is 10.0 Å². The van der Waals surface area contributed by atoms with Gasteiger partial charge in [-0.25, -0.2) is 8.42 Å². The first kappa shape index (κ1) is 14.8. The van der Waals surface area contributed by atoms with Gasteiger partial charge in [0.15, 0.2) is 0 Å². The summed E-state index contributed by atoms with van der Waals surface area (Å²) in [4.78, 5) is 0.315. The first-order valence-electron chi connectivity index (χ1n) is 7.53. The highest BCUT2D eigenvalue weighted by molar-refractivity contribution is 7.89. The van der Waals surface area contributed by atoms with Crippen LogP contribution in [0, 0.1) is 6.92 Å². The fourth-order valence-electron chi connectivity index (χ4n) is 3.12. The largest absolute Gasteiger partial charge is 0.487 e. The van der Waals surface area contributed by atoms with Crippen molar-refractivity contribution in [2.24, 2.45) is 5.73 Å². The molecule has 0 aliphatic carbocycles. The Morgan fingerprint density at radius 3 is 2.67 bits per heavy atom. The van der Waals surface area contributed by atoms with Crippen molar-refractivity contribution < 1.29 is 13.2 Å². The normalized spacial score (nSPS) is 22.9. The Balaban J connectivity index is 2.03. The predicted octanol–water partition coefficient (Wildman–Crippen LogP) is 1.43. The fraction of sp³-hybridized carbons (Fsp3) is 0.600. The Morgan fingerprint density at radius 2 is 2.00 bits per heavy atom. The molecule has 1 atom stereocenters. The molecule has 21 heavy (non-hydrogen) atoms. The summed E-state index contributed by atoms with van der Waals surface area (Å²) in [5.74, 6) is 0.515. The number of ether oxygens (including phenoxy) is 1. The minimum atomic E-state index is -3.47. The van der Waals surface area contributed by atoms with Crippen LogP contribution >= 0.6 is 0 Å². The Labute approximate surface area is 126 Å². The van der Waals surface area contributed by atoms with Gasteiger partial charge in [-0.15, -0.1) is 0 Å². The highest BCUT2D eigenvalue weighted by atomic mass is 32.2. The number of sulfonamides is 1. The van der Waals surface area contributed by atoms with Crippen molar-refractivity contribution in [3.8, 4) is 5.75 Å². The number of benzene rings is 1. The lowest BCUT2D eigenvalue weighted by Crippen LogP contribution is -2.36. The van der Waals surface area contributed by atoms with E-state index in [1.165, 1.54) is 0 Å². The number of piperidine rings is 1. The molecule has 0 saturated carbocycles. The van der Waals surface area contributed by atoms with Crippen molar-refractivity contribution in [2.75, 3.05) is 19.6 Å². The van der Waals surface area contributed by atoms with Gasteiger partial charge in [-0.3, -0.25) is 0 Å². The zero-order valence-electron chi connectivity index (χ0n) is 12.3. The van der Waals surface area contributed by atoms with Gasteiger partial charge in [0.1, 0.15) is 16.7 Å². The Kier molecular flexibility index (Phi) is 3.94. The quantitative estimate of drug-likeness (QED) is 0.917. The van der Waals surface area contributed by atoms with Gasteiger partial charge in [-0.2, -0.15) is 4.31 Å². The van der Waals surface area contributed by atoms with E-state index in [2.05, 4.69) is 0 Å². The number of hydrogen-bond donors (Lipinski definition) is 1. The van der Waals surface area contributed by atoms with Crippen LogP contribution in [-0.4, -0.2) is 38.5 Å². The van der Waals surface area contributed by atoms with Crippen molar-refractivity contribution in [1.82, 2.24) is 4.31 Å². The maximum absolute atomic E-state index is 12.9. The van der Waals surface area contributed by atoms with Gasteiger partial charge in [0.05, 0.1) is 0 Å². The summed E-state index contributed by atoms with van der Waals surface area (Å²) < 4.78 is 33.2. The second-order valence-corrected chi connectivity index (χ2v) is 7.80. The van der Waals surface area contributed by atoms with Crippen molar-refractivity contribution in [3.63, 3.8) is 0 Å². The van der Waals surface area contributed by atoms with E-state index in [9.17, 15) is 8.42 Å². The third kappa shape index (κ3) is 2.67. The molecule has 2 aliphatic heterocycles. The van der Waals surface area contributed by atoms with Crippen LogP contribution in [0.1, 0.15) is 30.4 Å². The number of aryl methyl sites for hydroxylation is 1. The topological polar surface area (TPSA) is 72.6 Å². The standard InChI is InChI=1S/C15H22N2O3S/c1-11-7-12-9-13(10-16)20-15(12)14(8-11)21(18,19)17-5-3-2-4-6-17/h7-8,13H,2-6,9-10,16H2,1H3. The molecule has 2 N–H and O–H groups in total. The molecule has 2 heterocycles. The van der Waals surface area contributed by atoms with Gasteiger partial charge in [0, 0.05) is 26.1 Å². The molecule has 1 aromatic rings. The van der Waals surface area contributed by atoms with E-state index in [0.717, 1.165) is 30.4 Å². The smallest absolute Gasteiger partial charge is 0.246 e. The number of nitrogens with zero attached hydrogens (tertiary/aromatic N) is 1. The zero-order valence-corrected chi connectivity index (χ0v) is 13.2. The van der Waals surface area contributed by atoms with E-state index >= 15 is 0 Å². The number of nitrogens with two attached hydrogens (primary N) is 1. The zero-order chi connectivity index (χ0) is 15.0. The Hall–Kier alpha value is -1.11. The van der Waals surface area contributed by atoms with Gasteiger partial charge in [0.25, 0.3) is 0 Å². The van der Waals surface area contributed by atoms with Gasteiger partial charge in [-0.05, 0) is 37.0 Å². The molecule has 2 aliphatic rings. The average molecular weight is 310 g/mol. The molecule has 3 rings (SSSR count). The first-order valence-corrected chi connectivity index (χ1v) is 8.97. The number of rotatable bonds is 3. The van der Waals surface area contributed by atoms with Crippen LogP contribution in [0.4, 0.5) is 0 Å². The molecule has 0 radical (unpaired) electrons. The lowest BCUT2D eigenvalue weighted by Gasteiger charge is -2.26. The van der Waals surface area contributed by atoms with Gasteiger partial charge in [0.2, 0.25) is 10.0 Å².